The predicted octanol–water partition coefficient (Wildman–Crippen LogP) is 2.47. The lowest BCUT2D eigenvalue weighted by molar-refractivity contribution is 0.918. The van der Waals surface area contributed by atoms with Gasteiger partial charge in [0.05, 0.1) is 0 Å². The van der Waals surface area contributed by atoms with Crippen molar-refractivity contribution in [1.82, 2.24) is 24.6 Å². The molecule has 6 nitrogen and oxygen atoms in total. The number of thiophene rings is 1. The van der Waals surface area contributed by atoms with Gasteiger partial charge in [-0.2, -0.15) is 0 Å². The summed E-state index contributed by atoms with van der Waals surface area (Å²) in [6, 6.07) is 7.77. The average molecular weight is 300 g/mol. The summed E-state index contributed by atoms with van der Waals surface area (Å²) in [5.41, 5.74) is 6.56. The lowest BCUT2D eigenvalue weighted by atomic mass is 10.4. The molecular formula is C12H8N6S2. The Bertz CT molecular complexity index is 913. The fraction of sp³-hybridized carbons (Fsp3) is 0. The lowest BCUT2D eigenvalue weighted by Crippen LogP contribution is -1.96. The van der Waals surface area contributed by atoms with E-state index in [0.717, 1.165) is 26.0 Å². The van der Waals surface area contributed by atoms with Crippen molar-refractivity contribution in [2.75, 3.05) is 5.73 Å². The molecule has 0 amide bonds. The van der Waals surface area contributed by atoms with Gasteiger partial charge in [0, 0.05) is 11.6 Å². The molecule has 4 heterocycles. The first-order valence-electron chi connectivity index (χ1n) is 5.79. The maximum absolute atomic E-state index is 5.75. The third-order valence-electron chi connectivity index (χ3n) is 2.78. The number of rotatable bonds is 2. The van der Waals surface area contributed by atoms with Gasteiger partial charge in [-0.05, 0) is 35.3 Å². The number of fused-ring (bicyclic) bond motifs is 2. The van der Waals surface area contributed by atoms with Gasteiger partial charge in [0.15, 0.2) is 5.65 Å². The predicted molar refractivity (Wildman–Crippen MR) is 78.9 cm³/mol. The molecule has 4 aromatic heterocycles. The van der Waals surface area contributed by atoms with Gasteiger partial charge in [-0.1, -0.05) is 6.07 Å². The van der Waals surface area contributed by atoms with E-state index in [2.05, 4.69) is 20.2 Å². The summed E-state index contributed by atoms with van der Waals surface area (Å²) in [6.07, 6.45) is 1.92. The second-order valence-electron chi connectivity index (χ2n) is 4.04. The first-order chi connectivity index (χ1) is 9.81. The molecule has 0 unspecified atom stereocenters. The van der Waals surface area contributed by atoms with Crippen molar-refractivity contribution in [1.29, 1.82) is 0 Å². The van der Waals surface area contributed by atoms with Gasteiger partial charge >= 0.3 is 0 Å². The molecule has 0 spiro atoms. The van der Waals surface area contributed by atoms with E-state index in [0.29, 0.717) is 0 Å². The number of hydrogen-bond donors (Lipinski definition) is 1. The minimum Gasteiger partial charge on any atom is -0.368 e. The summed E-state index contributed by atoms with van der Waals surface area (Å²) >= 11 is 2.98. The molecule has 8 heteroatoms. The van der Waals surface area contributed by atoms with Crippen LogP contribution in [0.15, 0.2) is 46.0 Å². The number of nitrogen functional groups attached to an aromatic ring is 1. The van der Waals surface area contributed by atoms with Gasteiger partial charge in [0.25, 0.3) is 0 Å². The Morgan fingerprint density at radius 1 is 1.15 bits per heavy atom. The number of nitrogens with two attached hydrogens (primary N) is 1. The highest BCUT2D eigenvalue weighted by Gasteiger charge is 2.13. The van der Waals surface area contributed by atoms with Crippen LogP contribution in [0.2, 0.25) is 0 Å². The van der Waals surface area contributed by atoms with Crippen molar-refractivity contribution in [3.8, 4) is 0 Å². The van der Waals surface area contributed by atoms with Crippen molar-refractivity contribution in [3.63, 3.8) is 0 Å². The van der Waals surface area contributed by atoms with Gasteiger partial charge < -0.3 is 5.73 Å². The summed E-state index contributed by atoms with van der Waals surface area (Å²) in [7, 11) is 0. The third kappa shape index (κ3) is 1.81. The van der Waals surface area contributed by atoms with Crippen LogP contribution in [-0.2, 0) is 0 Å². The van der Waals surface area contributed by atoms with Crippen molar-refractivity contribution < 1.29 is 0 Å². The second kappa shape index (κ2) is 4.43. The highest BCUT2D eigenvalue weighted by molar-refractivity contribution is 7.99. The Balaban J connectivity index is 1.86. The van der Waals surface area contributed by atoms with Crippen molar-refractivity contribution in [3.05, 3.63) is 35.8 Å². The quantitative estimate of drug-likeness (QED) is 0.573. The van der Waals surface area contributed by atoms with E-state index in [1.54, 1.807) is 11.3 Å². The Morgan fingerprint density at radius 2 is 2.10 bits per heavy atom. The van der Waals surface area contributed by atoms with E-state index in [4.69, 9.17) is 5.73 Å². The minimum absolute atomic E-state index is 0.274. The summed E-state index contributed by atoms with van der Waals surface area (Å²) in [4.78, 5) is 9.41. The zero-order chi connectivity index (χ0) is 13.5. The summed E-state index contributed by atoms with van der Waals surface area (Å²) < 4.78 is 1.92. The van der Waals surface area contributed by atoms with Gasteiger partial charge in [-0.15, -0.1) is 21.5 Å². The van der Waals surface area contributed by atoms with Crippen molar-refractivity contribution >= 4 is 44.9 Å². The van der Waals surface area contributed by atoms with Crippen molar-refractivity contribution in [2.24, 2.45) is 0 Å². The van der Waals surface area contributed by atoms with Crippen LogP contribution in [0.25, 0.3) is 15.9 Å². The van der Waals surface area contributed by atoms with E-state index in [-0.39, 0.29) is 5.95 Å². The zero-order valence-corrected chi connectivity index (χ0v) is 11.7. The molecule has 2 N–H and O–H groups in total. The fourth-order valence-electron chi connectivity index (χ4n) is 1.90. The Labute approximate surface area is 121 Å². The SMILES string of the molecule is Nc1nc(Sc2nnc3ccccn23)c2ccsc2n1. The molecule has 0 aliphatic heterocycles. The fourth-order valence-corrected chi connectivity index (χ4v) is 3.65. The van der Waals surface area contributed by atoms with E-state index in [1.165, 1.54) is 11.8 Å². The van der Waals surface area contributed by atoms with Crippen LogP contribution in [0.1, 0.15) is 0 Å². The van der Waals surface area contributed by atoms with Crippen LogP contribution >= 0.6 is 23.1 Å². The zero-order valence-electron chi connectivity index (χ0n) is 10.1. The largest absolute Gasteiger partial charge is 0.368 e. The second-order valence-corrected chi connectivity index (χ2v) is 5.89. The highest BCUT2D eigenvalue weighted by atomic mass is 32.2. The molecule has 20 heavy (non-hydrogen) atoms. The van der Waals surface area contributed by atoms with Gasteiger partial charge in [-0.25, -0.2) is 9.97 Å². The Hall–Kier alpha value is -2.19. The number of nitrogens with zero attached hydrogens (tertiary/aromatic N) is 5. The molecule has 4 aromatic rings. The standard InChI is InChI=1S/C12H8N6S2/c13-11-14-9-7(4-6-19-9)10(15-11)20-12-17-16-8-3-1-2-5-18(8)12/h1-6H,(H2,13,14,15). The molecule has 0 radical (unpaired) electrons. The minimum atomic E-state index is 0.274. The maximum Gasteiger partial charge on any atom is 0.222 e. The summed E-state index contributed by atoms with van der Waals surface area (Å²) in [5.74, 6) is 0.274. The Morgan fingerprint density at radius 3 is 3.05 bits per heavy atom. The Kier molecular flexibility index (Phi) is 2.57. The molecule has 98 valence electrons. The first kappa shape index (κ1) is 11.6. The normalized spacial score (nSPS) is 11.4. The number of hydrogen-bond acceptors (Lipinski definition) is 7. The first-order valence-corrected chi connectivity index (χ1v) is 7.49. The van der Waals surface area contributed by atoms with Crippen molar-refractivity contribution in [2.45, 2.75) is 10.2 Å². The monoisotopic (exact) mass is 300 g/mol. The molecule has 0 aliphatic carbocycles. The number of aromatic nitrogens is 5. The van der Waals surface area contributed by atoms with Crippen LogP contribution in [0, 0.1) is 0 Å². The van der Waals surface area contributed by atoms with Crippen LogP contribution in [-0.4, -0.2) is 24.6 Å². The summed E-state index contributed by atoms with van der Waals surface area (Å²) in [5, 5.41) is 12.8. The lowest BCUT2D eigenvalue weighted by Gasteiger charge is -2.02. The molecule has 0 bridgehead atoms. The smallest absolute Gasteiger partial charge is 0.222 e. The topological polar surface area (TPSA) is 82.0 Å². The molecule has 0 aliphatic rings. The number of anilines is 1. The van der Waals surface area contributed by atoms with E-state index in [1.807, 2.05) is 40.2 Å². The third-order valence-corrected chi connectivity index (χ3v) is 4.55. The molecule has 0 fully saturated rings. The van der Waals surface area contributed by atoms with Crippen LogP contribution in [0.5, 0.6) is 0 Å². The van der Waals surface area contributed by atoms with Gasteiger partial charge in [0.1, 0.15) is 9.86 Å². The molecule has 4 rings (SSSR count). The molecule has 0 saturated heterocycles. The van der Waals surface area contributed by atoms with E-state index < -0.39 is 0 Å². The number of pyridine rings is 1. The average Bonchev–Trinajstić information content (AvgIpc) is 3.06. The van der Waals surface area contributed by atoms with Gasteiger partial charge in [0.2, 0.25) is 11.1 Å². The van der Waals surface area contributed by atoms with Crippen LogP contribution in [0.4, 0.5) is 5.95 Å². The van der Waals surface area contributed by atoms with E-state index in [9.17, 15) is 0 Å². The van der Waals surface area contributed by atoms with E-state index >= 15 is 0 Å². The summed E-state index contributed by atoms with van der Waals surface area (Å²) in [6.45, 7) is 0. The van der Waals surface area contributed by atoms with Gasteiger partial charge in [-0.3, -0.25) is 4.40 Å². The van der Waals surface area contributed by atoms with Crippen LogP contribution < -0.4 is 5.73 Å². The molecule has 0 atom stereocenters. The molecular weight excluding hydrogens is 292 g/mol. The molecule has 0 saturated carbocycles. The highest BCUT2D eigenvalue weighted by Crippen LogP contribution is 2.33. The van der Waals surface area contributed by atoms with Crippen LogP contribution in [0.3, 0.4) is 0 Å². The maximum atomic E-state index is 5.75. The molecule has 0 aromatic carbocycles.